The molecule has 1 saturated carbocycles. The van der Waals surface area contributed by atoms with E-state index in [1.807, 2.05) is 14.1 Å². The van der Waals surface area contributed by atoms with Gasteiger partial charge in [0.25, 0.3) is 10.0 Å². The molecule has 2 heterocycles. The number of alkyl halides is 3. The van der Waals surface area contributed by atoms with Gasteiger partial charge < -0.3 is 10.2 Å². The minimum absolute atomic E-state index is 0.0178. The van der Waals surface area contributed by atoms with Gasteiger partial charge in [0, 0.05) is 37.4 Å². The van der Waals surface area contributed by atoms with E-state index in [0.717, 1.165) is 37.6 Å². The first-order valence-electron chi connectivity index (χ1n) is 13.4. The number of hydrogen-bond acceptors (Lipinski definition) is 7. The molecule has 2 aromatic carbocycles. The Balaban J connectivity index is 1.38. The third kappa shape index (κ3) is 6.64. The van der Waals surface area contributed by atoms with Gasteiger partial charge in [0.2, 0.25) is 0 Å². The summed E-state index contributed by atoms with van der Waals surface area (Å²) >= 11 is 6.49. The van der Waals surface area contributed by atoms with Crippen LogP contribution in [0.4, 0.5) is 29.1 Å². The van der Waals surface area contributed by atoms with Gasteiger partial charge in [-0.05, 0) is 69.1 Å². The Hall–Kier alpha value is -3.00. The molecule has 14 heteroatoms. The summed E-state index contributed by atoms with van der Waals surface area (Å²) in [6.45, 7) is 1.71. The third-order valence-corrected chi connectivity index (χ3v) is 9.80. The van der Waals surface area contributed by atoms with E-state index in [1.54, 1.807) is 6.07 Å². The highest BCUT2D eigenvalue weighted by atomic mass is 35.5. The van der Waals surface area contributed by atoms with Gasteiger partial charge in [0.05, 0.1) is 16.3 Å². The Morgan fingerprint density at radius 3 is 2.55 bits per heavy atom. The Morgan fingerprint density at radius 1 is 1.12 bits per heavy atom. The van der Waals surface area contributed by atoms with Crippen LogP contribution in [-0.2, 0) is 16.2 Å². The zero-order valence-corrected chi connectivity index (χ0v) is 24.5. The third-order valence-electron chi connectivity index (χ3n) is 8.12. The van der Waals surface area contributed by atoms with Crippen molar-refractivity contribution >= 4 is 33.1 Å². The van der Waals surface area contributed by atoms with Gasteiger partial charge in [0.1, 0.15) is 22.9 Å². The number of aromatic nitrogens is 2. The molecule has 226 valence electrons. The molecule has 1 aromatic heterocycles. The minimum Gasteiger partial charge on any atom is -0.379 e. The number of benzene rings is 2. The SMILES string of the molecule is CN1CC(N(C)[C@H]2C[C@@H](c3cccc(C(F)(F)F)c3)CC[C@@H]2Nc2cc(F)c(S(=O)(=O)Nc3ccncn3)cc2Cl)C1. The number of hydrogen-bond donors (Lipinski definition) is 2. The number of likely N-dealkylation sites (tertiary alicyclic amines) is 1. The van der Waals surface area contributed by atoms with Crippen LogP contribution in [0.15, 0.2) is 59.9 Å². The van der Waals surface area contributed by atoms with E-state index < -0.39 is 32.5 Å². The second-order valence-corrected chi connectivity index (χ2v) is 13.0. The van der Waals surface area contributed by atoms with Gasteiger partial charge >= 0.3 is 6.18 Å². The van der Waals surface area contributed by atoms with Crippen LogP contribution in [0, 0.1) is 5.82 Å². The number of halogens is 5. The molecule has 1 aliphatic carbocycles. The van der Waals surface area contributed by atoms with Crippen LogP contribution < -0.4 is 10.0 Å². The maximum atomic E-state index is 15.2. The zero-order chi connectivity index (χ0) is 30.2. The average Bonchev–Trinajstić information content (AvgIpc) is 2.92. The fraction of sp³-hybridized carbons (Fsp3) is 0.429. The molecule has 1 saturated heterocycles. The summed E-state index contributed by atoms with van der Waals surface area (Å²) in [6, 6.07) is 8.89. The maximum absolute atomic E-state index is 15.2. The quantitative estimate of drug-likeness (QED) is 0.321. The van der Waals surface area contributed by atoms with Gasteiger partial charge in [-0.25, -0.2) is 22.8 Å². The summed E-state index contributed by atoms with van der Waals surface area (Å²) in [5.41, 5.74) is 0.210. The second kappa shape index (κ2) is 11.9. The molecule has 42 heavy (non-hydrogen) atoms. The summed E-state index contributed by atoms with van der Waals surface area (Å²) in [5, 5.41) is 3.35. The van der Waals surface area contributed by atoms with Crippen molar-refractivity contribution in [3.8, 4) is 0 Å². The van der Waals surface area contributed by atoms with Crippen molar-refractivity contribution in [2.45, 2.75) is 54.4 Å². The summed E-state index contributed by atoms with van der Waals surface area (Å²) in [7, 11) is -0.305. The molecule has 1 aliphatic heterocycles. The fourth-order valence-electron chi connectivity index (χ4n) is 5.82. The molecular formula is C28H31ClF4N6O2S. The van der Waals surface area contributed by atoms with Gasteiger partial charge in [-0.1, -0.05) is 29.8 Å². The van der Waals surface area contributed by atoms with Crippen LogP contribution in [0.5, 0.6) is 0 Å². The molecule has 8 nitrogen and oxygen atoms in total. The van der Waals surface area contributed by atoms with Crippen molar-refractivity contribution in [1.82, 2.24) is 19.8 Å². The first-order valence-corrected chi connectivity index (χ1v) is 15.3. The molecule has 0 amide bonds. The predicted molar refractivity (Wildman–Crippen MR) is 153 cm³/mol. The Labute approximate surface area is 247 Å². The van der Waals surface area contributed by atoms with Crippen molar-refractivity contribution in [1.29, 1.82) is 0 Å². The van der Waals surface area contributed by atoms with E-state index in [0.29, 0.717) is 24.8 Å². The molecule has 0 unspecified atom stereocenters. The van der Waals surface area contributed by atoms with Crippen LogP contribution in [0.2, 0.25) is 5.02 Å². The normalized spacial score (nSPS) is 22.1. The van der Waals surface area contributed by atoms with Crippen LogP contribution in [0.25, 0.3) is 0 Å². The minimum atomic E-state index is -4.42. The van der Waals surface area contributed by atoms with Crippen molar-refractivity contribution in [3.05, 3.63) is 77.0 Å². The Morgan fingerprint density at radius 2 is 1.88 bits per heavy atom. The van der Waals surface area contributed by atoms with E-state index in [2.05, 4.69) is 29.8 Å². The highest BCUT2D eigenvalue weighted by molar-refractivity contribution is 7.92. The van der Waals surface area contributed by atoms with E-state index in [-0.39, 0.29) is 40.6 Å². The number of nitrogens with one attached hydrogen (secondary N) is 2. The van der Waals surface area contributed by atoms with Crippen molar-refractivity contribution in [2.75, 3.05) is 37.2 Å². The number of likely N-dealkylation sites (N-methyl/N-ethyl adjacent to an activating group) is 2. The molecular weight excluding hydrogens is 596 g/mol. The van der Waals surface area contributed by atoms with Crippen LogP contribution in [0.1, 0.15) is 36.3 Å². The summed E-state index contributed by atoms with van der Waals surface area (Å²) in [5.74, 6) is -1.11. The number of rotatable bonds is 8. The summed E-state index contributed by atoms with van der Waals surface area (Å²) < 4.78 is 83.4. The lowest BCUT2D eigenvalue weighted by molar-refractivity contribution is -0.137. The molecule has 5 rings (SSSR count). The molecule has 2 N–H and O–H groups in total. The highest BCUT2D eigenvalue weighted by Crippen LogP contribution is 2.40. The van der Waals surface area contributed by atoms with E-state index in [1.165, 1.54) is 24.4 Å². The van der Waals surface area contributed by atoms with Crippen LogP contribution in [0.3, 0.4) is 0 Å². The Bertz CT molecular complexity index is 1520. The monoisotopic (exact) mass is 626 g/mol. The first-order chi connectivity index (χ1) is 19.8. The number of anilines is 2. The topological polar surface area (TPSA) is 90.5 Å². The van der Waals surface area contributed by atoms with Crippen LogP contribution >= 0.6 is 11.6 Å². The molecule has 0 bridgehead atoms. The molecule has 0 spiro atoms. The van der Waals surface area contributed by atoms with Gasteiger partial charge in [0.15, 0.2) is 0 Å². The number of nitrogens with zero attached hydrogens (tertiary/aromatic N) is 4. The largest absolute Gasteiger partial charge is 0.416 e. The first kappa shape index (κ1) is 30.5. The predicted octanol–water partition coefficient (Wildman–Crippen LogP) is 5.45. The van der Waals surface area contributed by atoms with Crippen molar-refractivity contribution < 1.29 is 26.0 Å². The average molecular weight is 627 g/mol. The second-order valence-electron chi connectivity index (χ2n) is 11.0. The summed E-state index contributed by atoms with van der Waals surface area (Å²) in [6.07, 6.45) is -0.129. The Kier molecular flexibility index (Phi) is 8.66. The highest BCUT2D eigenvalue weighted by Gasteiger charge is 2.40. The standard InChI is InChI=1S/C28H31ClF4N6O2S/c1-38-14-20(15-38)39(2)25-11-18(17-4-3-5-19(10-17)28(31,32)33)6-7-23(25)36-24-13-22(30)26(12-21(24)29)42(40,41)37-27-8-9-34-16-35-27/h3-5,8-10,12-13,16,18,20,23,25,36H,6-7,11,14-15H2,1-2H3,(H,34,35,37)/t18-,23-,25-/m0/s1. The van der Waals surface area contributed by atoms with Gasteiger partial charge in [-0.15, -0.1) is 0 Å². The van der Waals surface area contributed by atoms with Crippen LogP contribution in [-0.4, -0.2) is 73.5 Å². The number of sulfonamides is 1. The molecule has 2 aliphatic rings. The van der Waals surface area contributed by atoms with Gasteiger partial charge in [-0.3, -0.25) is 9.62 Å². The van der Waals surface area contributed by atoms with Crippen molar-refractivity contribution in [3.63, 3.8) is 0 Å². The summed E-state index contributed by atoms with van der Waals surface area (Å²) in [4.78, 5) is 11.3. The van der Waals surface area contributed by atoms with E-state index in [4.69, 9.17) is 11.6 Å². The van der Waals surface area contributed by atoms with E-state index in [9.17, 15) is 21.6 Å². The lowest BCUT2D eigenvalue weighted by Crippen LogP contribution is -2.62. The molecule has 3 atom stereocenters. The van der Waals surface area contributed by atoms with Gasteiger partial charge in [-0.2, -0.15) is 13.2 Å². The lowest BCUT2D eigenvalue weighted by atomic mass is 9.77. The molecule has 0 radical (unpaired) electrons. The molecule has 2 fully saturated rings. The zero-order valence-electron chi connectivity index (χ0n) is 22.9. The van der Waals surface area contributed by atoms with Crippen molar-refractivity contribution in [2.24, 2.45) is 0 Å². The van der Waals surface area contributed by atoms with E-state index >= 15 is 4.39 Å². The lowest BCUT2D eigenvalue weighted by Gasteiger charge is -2.50. The molecule has 3 aromatic rings. The fourth-order valence-corrected chi connectivity index (χ4v) is 7.20. The smallest absolute Gasteiger partial charge is 0.379 e. The maximum Gasteiger partial charge on any atom is 0.416 e.